The van der Waals surface area contributed by atoms with E-state index >= 15 is 0 Å². The van der Waals surface area contributed by atoms with Crippen LogP contribution < -0.4 is 4.90 Å². The van der Waals surface area contributed by atoms with E-state index < -0.39 is 0 Å². The van der Waals surface area contributed by atoms with E-state index in [0.29, 0.717) is 25.2 Å². The number of hydrogen-bond acceptors (Lipinski definition) is 2. The van der Waals surface area contributed by atoms with Crippen molar-refractivity contribution >= 4 is 22.6 Å². The fourth-order valence-electron chi connectivity index (χ4n) is 3.51. The highest BCUT2D eigenvalue weighted by Crippen LogP contribution is 2.34. The molecular weight excluding hydrogens is 317 g/mol. The Morgan fingerprint density at radius 3 is 2.76 bits per heavy atom. The van der Waals surface area contributed by atoms with Crippen LogP contribution in [0.5, 0.6) is 0 Å². The van der Waals surface area contributed by atoms with Gasteiger partial charge in [-0.2, -0.15) is 0 Å². The summed E-state index contributed by atoms with van der Waals surface area (Å²) in [5.74, 6) is 0.330. The summed E-state index contributed by atoms with van der Waals surface area (Å²) in [6.07, 6.45) is 2.15. The zero-order valence-electron chi connectivity index (χ0n) is 13.7. The van der Waals surface area contributed by atoms with Crippen molar-refractivity contribution in [3.05, 3.63) is 72.8 Å². The van der Waals surface area contributed by atoms with Gasteiger partial charge in [-0.15, -0.1) is 6.58 Å². The lowest BCUT2D eigenvalue weighted by molar-refractivity contribution is -0.117. The quantitative estimate of drug-likeness (QED) is 0.679. The van der Waals surface area contributed by atoms with Crippen molar-refractivity contribution in [2.24, 2.45) is 0 Å². The molecule has 3 aromatic rings. The molecule has 0 spiro atoms. The number of halogens is 1. The summed E-state index contributed by atoms with van der Waals surface area (Å²) in [5, 5.41) is 0. The molecule has 1 aliphatic heterocycles. The molecular formula is C20H18FN3O. The number of rotatable bonds is 4. The van der Waals surface area contributed by atoms with Gasteiger partial charge >= 0.3 is 0 Å². The van der Waals surface area contributed by atoms with Crippen molar-refractivity contribution in [3.8, 4) is 0 Å². The predicted octanol–water partition coefficient (Wildman–Crippen LogP) is 3.88. The third-order valence-corrected chi connectivity index (χ3v) is 4.63. The highest BCUT2D eigenvalue weighted by atomic mass is 19.1. The highest BCUT2D eigenvalue weighted by molar-refractivity contribution is 5.96. The maximum atomic E-state index is 14.1. The van der Waals surface area contributed by atoms with Gasteiger partial charge in [0.2, 0.25) is 5.91 Å². The molecule has 2 aromatic carbocycles. The van der Waals surface area contributed by atoms with E-state index in [0.717, 1.165) is 16.9 Å². The molecule has 1 unspecified atom stereocenters. The van der Waals surface area contributed by atoms with Gasteiger partial charge in [0, 0.05) is 25.4 Å². The molecule has 1 atom stereocenters. The highest BCUT2D eigenvalue weighted by Gasteiger charge is 2.35. The molecule has 4 rings (SSSR count). The summed E-state index contributed by atoms with van der Waals surface area (Å²) in [7, 11) is 0. The van der Waals surface area contributed by atoms with Gasteiger partial charge in [-0.1, -0.05) is 30.3 Å². The predicted molar refractivity (Wildman–Crippen MR) is 96.0 cm³/mol. The molecule has 0 saturated carbocycles. The van der Waals surface area contributed by atoms with E-state index in [1.165, 1.54) is 11.0 Å². The molecule has 1 aromatic heterocycles. The van der Waals surface area contributed by atoms with E-state index in [1.54, 1.807) is 18.2 Å². The summed E-state index contributed by atoms with van der Waals surface area (Å²) in [6.45, 7) is 4.88. The van der Waals surface area contributed by atoms with Gasteiger partial charge in [-0.3, -0.25) is 4.79 Å². The Morgan fingerprint density at radius 2 is 1.96 bits per heavy atom. The summed E-state index contributed by atoms with van der Waals surface area (Å²) < 4.78 is 16.2. The molecule has 0 radical (unpaired) electrons. The number of aromatic nitrogens is 2. The normalized spacial score (nSPS) is 17.4. The van der Waals surface area contributed by atoms with Crippen molar-refractivity contribution in [1.29, 1.82) is 0 Å². The van der Waals surface area contributed by atoms with Crippen molar-refractivity contribution in [2.45, 2.75) is 18.9 Å². The second-order valence-electron chi connectivity index (χ2n) is 6.21. The van der Waals surface area contributed by atoms with Gasteiger partial charge in [0.25, 0.3) is 0 Å². The molecule has 2 heterocycles. The van der Waals surface area contributed by atoms with Crippen LogP contribution in [0.1, 0.15) is 18.2 Å². The van der Waals surface area contributed by atoms with Gasteiger partial charge in [0.05, 0.1) is 16.7 Å². The van der Waals surface area contributed by atoms with Crippen LogP contribution in [-0.4, -0.2) is 22.0 Å². The summed E-state index contributed by atoms with van der Waals surface area (Å²) in [5.41, 5.74) is 2.26. The maximum Gasteiger partial charge on any atom is 0.227 e. The van der Waals surface area contributed by atoms with Crippen LogP contribution >= 0.6 is 0 Å². The molecule has 1 aliphatic rings. The van der Waals surface area contributed by atoms with E-state index in [1.807, 2.05) is 30.3 Å². The number of anilines is 1. The molecule has 25 heavy (non-hydrogen) atoms. The summed E-state index contributed by atoms with van der Waals surface area (Å²) in [4.78, 5) is 18.8. The Kier molecular flexibility index (Phi) is 3.84. The Hall–Kier alpha value is -2.95. The average Bonchev–Trinajstić information content (AvgIpc) is 3.17. The average molecular weight is 335 g/mol. The molecule has 1 saturated heterocycles. The number of allylic oxidation sites excluding steroid dienone is 1. The lowest BCUT2D eigenvalue weighted by Gasteiger charge is -2.17. The molecule has 0 bridgehead atoms. The van der Waals surface area contributed by atoms with Gasteiger partial charge < -0.3 is 9.47 Å². The van der Waals surface area contributed by atoms with Crippen LogP contribution in [0, 0.1) is 5.82 Å². The van der Waals surface area contributed by atoms with Crippen LogP contribution in [0.3, 0.4) is 0 Å². The number of fused-ring (bicyclic) bond motifs is 1. The zero-order chi connectivity index (χ0) is 17.4. The Labute approximate surface area is 145 Å². The number of imidazole rings is 1. The van der Waals surface area contributed by atoms with Gasteiger partial charge in [0.15, 0.2) is 0 Å². The Balaban J connectivity index is 1.73. The fourth-order valence-corrected chi connectivity index (χ4v) is 3.51. The monoisotopic (exact) mass is 335 g/mol. The molecule has 4 nitrogen and oxygen atoms in total. The number of hydrogen-bond donors (Lipinski definition) is 0. The number of amides is 1. The van der Waals surface area contributed by atoms with E-state index in [4.69, 9.17) is 4.98 Å². The standard InChI is InChI=1S/C20H18FN3O/c1-2-11-23-18-10-6-4-8-16(18)22-20(23)14-12-19(25)24(13-14)17-9-5-3-7-15(17)21/h2-10,14H,1,11-13H2. The van der Waals surface area contributed by atoms with Crippen LogP contribution in [0.4, 0.5) is 10.1 Å². The SMILES string of the molecule is C=CCn1c(C2CC(=O)N(c3ccccc3F)C2)nc2ccccc21. The molecule has 0 aliphatic carbocycles. The van der Waals surface area contributed by atoms with Crippen LogP contribution in [0.2, 0.25) is 0 Å². The molecule has 126 valence electrons. The van der Waals surface area contributed by atoms with Crippen molar-refractivity contribution < 1.29 is 9.18 Å². The minimum absolute atomic E-state index is 0.0699. The Morgan fingerprint density at radius 1 is 1.20 bits per heavy atom. The van der Waals surface area contributed by atoms with Gasteiger partial charge in [-0.25, -0.2) is 9.37 Å². The molecule has 5 heteroatoms. The van der Waals surface area contributed by atoms with E-state index in [9.17, 15) is 9.18 Å². The summed E-state index contributed by atoms with van der Waals surface area (Å²) in [6, 6.07) is 14.3. The second-order valence-corrected chi connectivity index (χ2v) is 6.21. The molecule has 0 N–H and O–H groups in total. The second kappa shape index (κ2) is 6.16. The van der Waals surface area contributed by atoms with Crippen molar-refractivity contribution in [3.63, 3.8) is 0 Å². The van der Waals surface area contributed by atoms with Crippen LogP contribution in [-0.2, 0) is 11.3 Å². The first-order valence-electron chi connectivity index (χ1n) is 8.30. The topological polar surface area (TPSA) is 38.1 Å². The minimum Gasteiger partial charge on any atom is -0.324 e. The van der Waals surface area contributed by atoms with Crippen LogP contribution in [0.15, 0.2) is 61.2 Å². The van der Waals surface area contributed by atoms with Gasteiger partial charge in [0.1, 0.15) is 11.6 Å². The first-order valence-corrected chi connectivity index (χ1v) is 8.30. The number of benzene rings is 2. The fraction of sp³-hybridized carbons (Fsp3) is 0.200. The first kappa shape index (κ1) is 15.6. The largest absolute Gasteiger partial charge is 0.324 e. The van der Waals surface area contributed by atoms with Gasteiger partial charge in [-0.05, 0) is 24.3 Å². The van der Waals surface area contributed by atoms with E-state index in [2.05, 4.69) is 11.1 Å². The van der Waals surface area contributed by atoms with Crippen LogP contribution in [0.25, 0.3) is 11.0 Å². The number of carbonyl (C=O) groups excluding carboxylic acids is 1. The third-order valence-electron chi connectivity index (χ3n) is 4.63. The van der Waals surface area contributed by atoms with Crippen molar-refractivity contribution in [2.75, 3.05) is 11.4 Å². The number of carbonyl (C=O) groups is 1. The number of nitrogens with zero attached hydrogens (tertiary/aromatic N) is 3. The maximum absolute atomic E-state index is 14.1. The molecule has 1 fully saturated rings. The van der Waals surface area contributed by atoms with Crippen molar-refractivity contribution in [1.82, 2.24) is 9.55 Å². The lowest BCUT2D eigenvalue weighted by Crippen LogP contribution is -2.25. The Bertz CT molecular complexity index is 962. The third kappa shape index (κ3) is 2.61. The molecule has 1 amide bonds. The number of para-hydroxylation sites is 3. The smallest absolute Gasteiger partial charge is 0.227 e. The lowest BCUT2D eigenvalue weighted by atomic mass is 10.1. The summed E-state index contributed by atoms with van der Waals surface area (Å²) >= 11 is 0. The first-order chi connectivity index (χ1) is 12.2. The van der Waals surface area contributed by atoms with E-state index in [-0.39, 0.29) is 17.6 Å². The minimum atomic E-state index is -0.379. The zero-order valence-corrected chi connectivity index (χ0v) is 13.7.